The molecule has 3 rings (SSSR count). The van der Waals surface area contributed by atoms with Crippen LogP contribution in [-0.4, -0.2) is 10.9 Å². The molecule has 2 heterocycles. The molecule has 6 heteroatoms. The molecule has 3 N–H and O–H groups in total. The summed E-state index contributed by atoms with van der Waals surface area (Å²) in [6.07, 6.45) is 0.275. The summed E-state index contributed by atoms with van der Waals surface area (Å²) in [6.45, 7) is 0. The van der Waals surface area contributed by atoms with Crippen LogP contribution in [-0.2, 0) is 11.2 Å². The predicted octanol–water partition coefficient (Wildman–Crippen LogP) is 3.64. The van der Waals surface area contributed by atoms with Gasteiger partial charge in [-0.25, -0.2) is 4.98 Å². The van der Waals surface area contributed by atoms with E-state index in [2.05, 4.69) is 10.3 Å². The first-order valence-electron chi connectivity index (χ1n) is 6.36. The van der Waals surface area contributed by atoms with Crippen molar-refractivity contribution in [2.75, 3.05) is 11.1 Å². The molecule has 4 nitrogen and oxygen atoms in total. The molecule has 0 atom stereocenters. The lowest BCUT2D eigenvalue weighted by Gasteiger charge is -2.04. The zero-order chi connectivity index (χ0) is 14.7. The third-order valence-electron chi connectivity index (χ3n) is 2.85. The molecule has 0 spiro atoms. The van der Waals surface area contributed by atoms with Gasteiger partial charge in [0.2, 0.25) is 5.91 Å². The molecule has 2 aromatic heterocycles. The molecule has 21 heavy (non-hydrogen) atoms. The molecule has 0 fully saturated rings. The minimum Gasteiger partial charge on any atom is -0.375 e. The number of amides is 1. The third-order valence-corrected chi connectivity index (χ3v) is 4.61. The number of carbonyl (C=O) groups is 1. The van der Waals surface area contributed by atoms with Crippen molar-refractivity contribution in [1.82, 2.24) is 4.98 Å². The highest BCUT2D eigenvalue weighted by Gasteiger charge is 2.15. The van der Waals surface area contributed by atoms with E-state index in [0.29, 0.717) is 5.13 Å². The Bertz CT molecular complexity index is 736. The molecule has 0 unspecified atom stereocenters. The zero-order valence-corrected chi connectivity index (χ0v) is 12.7. The van der Waals surface area contributed by atoms with Gasteiger partial charge in [0, 0.05) is 10.6 Å². The number of para-hydroxylation sites is 1. The van der Waals surface area contributed by atoms with Gasteiger partial charge in [0.25, 0.3) is 0 Å². The molecular formula is C15H13N3OS2. The first-order chi connectivity index (χ1) is 10.2. The number of benzene rings is 1. The molecule has 106 valence electrons. The van der Waals surface area contributed by atoms with E-state index < -0.39 is 0 Å². The van der Waals surface area contributed by atoms with Crippen molar-refractivity contribution in [2.45, 2.75) is 6.42 Å². The number of nitrogens with two attached hydrogens (primary N) is 1. The Morgan fingerprint density at radius 3 is 2.71 bits per heavy atom. The smallest absolute Gasteiger partial charge is 0.229 e. The Kier molecular flexibility index (Phi) is 3.98. The van der Waals surface area contributed by atoms with Gasteiger partial charge in [-0.15, -0.1) is 22.7 Å². The number of aromatic nitrogens is 1. The fraction of sp³-hybridized carbons (Fsp3) is 0.0667. The highest BCUT2D eigenvalue weighted by Crippen LogP contribution is 2.32. The summed E-state index contributed by atoms with van der Waals surface area (Å²) in [5, 5.41) is 5.35. The van der Waals surface area contributed by atoms with E-state index in [1.165, 1.54) is 11.3 Å². The van der Waals surface area contributed by atoms with Crippen LogP contribution in [0.3, 0.4) is 0 Å². The fourth-order valence-corrected chi connectivity index (χ4v) is 3.62. The minimum absolute atomic E-state index is 0.0670. The van der Waals surface area contributed by atoms with Crippen molar-refractivity contribution in [3.8, 4) is 10.6 Å². The van der Waals surface area contributed by atoms with Crippen LogP contribution in [0.25, 0.3) is 10.6 Å². The summed E-state index contributed by atoms with van der Waals surface area (Å²) in [5.74, 6) is -0.0670. The van der Waals surface area contributed by atoms with Crippen LogP contribution in [0.1, 0.15) is 4.88 Å². The molecule has 0 aliphatic carbocycles. The number of hydrogen-bond donors (Lipinski definition) is 2. The van der Waals surface area contributed by atoms with E-state index in [-0.39, 0.29) is 12.3 Å². The van der Waals surface area contributed by atoms with Crippen molar-refractivity contribution < 1.29 is 4.79 Å². The van der Waals surface area contributed by atoms with Gasteiger partial charge in [-0.2, -0.15) is 0 Å². The molecule has 1 aromatic carbocycles. The summed E-state index contributed by atoms with van der Waals surface area (Å²) < 4.78 is 0. The van der Waals surface area contributed by atoms with Gasteiger partial charge in [0.05, 0.1) is 17.0 Å². The molecule has 0 radical (unpaired) electrons. The van der Waals surface area contributed by atoms with E-state index in [9.17, 15) is 4.79 Å². The van der Waals surface area contributed by atoms with Gasteiger partial charge in [-0.3, -0.25) is 4.79 Å². The number of thiazole rings is 1. The van der Waals surface area contributed by atoms with Crippen LogP contribution >= 0.6 is 22.7 Å². The molecule has 0 saturated carbocycles. The van der Waals surface area contributed by atoms with Gasteiger partial charge >= 0.3 is 0 Å². The van der Waals surface area contributed by atoms with E-state index in [1.54, 1.807) is 11.3 Å². The molecule has 0 aliphatic heterocycles. The average molecular weight is 315 g/mol. The van der Waals surface area contributed by atoms with Crippen molar-refractivity contribution in [3.05, 3.63) is 52.7 Å². The van der Waals surface area contributed by atoms with Crippen LogP contribution in [0.4, 0.5) is 10.8 Å². The highest BCUT2D eigenvalue weighted by molar-refractivity contribution is 7.17. The fourth-order valence-electron chi connectivity index (χ4n) is 1.97. The van der Waals surface area contributed by atoms with Crippen LogP contribution in [0.5, 0.6) is 0 Å². The first kappa shape index (κ1) is 13.8. The molecular weight excluding hydrogens is 302 g/mol. The minimum atomic E-state index is -0.0670. The number of hydrogen-bond acceptors (Lipinski definition) is 5. The molecule has 0 saturated heterocycles. The lowest BCUT2D eigenvalue weighted by Crippen LogP contribution is -2.13. The number of nitrogens with one attached hydrogen (secondary N) is 1. The van der Waals surface area contributed by atoms with E-state index in [0.717, 1.165) is 21.1 Å². The lowest BCUT2D eigenvalue weighted by atomic mass is 10.2. The van der Waals surface area contributed by atoms with E-state index >= 15 is 0 Å². The summed E-state index contributed by atoms with van der Waals surface area (Å²) in [5.41, 5.74) is 7.40. The second-order valence-corrected chi connectivity index (χ2v) is 6.46. The molecule has 0 aliphatic rings. The van der Waals surface area contributed by atoms with E-state index in [1.807, 2.05) is 47.8 Å². The Hall–Kier alpha value is -2.18. The zero-order valence-electron chi connectivity index (χ0n) is 11.1. The number of carbonyl (C=O) groups excluding carboxylic acids is 1. The number of nitrogens with zero attached hydrogens (tertiary/aromatic N) is 1. The van der Waals surface area contributed by atoms with Crippen LogP contribution in [0, 0.1) is 0 Å². The second kappa shape index (κ2) is 6.07. The largest absolute Gasteiger partial charge is 0.375 e. The van der Waals surface area contributed by atoms with Gasteiger partial charge in [0.1, 0.15) is 0 Å². The highest BCUT2D eigenvalue weighted by atomic mass is 32.1. The van der Waals surface area contributed by atoms with Crippen LogP contribution < -0.4 is 11.1 Å². The maximum atomic E-state index is 12.1. The van der Waals surface area contributed by atoms with Crippen molar-refractivity contribution in [1.29, 1.82) is 0 Å². The quantitative estimate of drug-likeness (QED) is 0.772. The topological polar surface area (TPSA) is 68.0 Å². The summed E-state index contributed by atoms with van der Waals surface area (Å²) in [6, 6.07) is 13.3. The monoisotopic (exact) mass is 315 g/mol. The number of thiophene rings is 1. The maximum absolute atomic E-state index is 12.1. The van der Waals surface area contributed by atoms with Gasteiger partial charge in [0.15, 0.2) is 5.13 Å². The SMILES string of the molecule is Nc1nc(-c2cccs2)c(CC(=O)Nc2ccccc2)s1. The van der Waals surface area contributed by atoms with Crippen molar-refractivity contribution in [2.24, 2.45) is 0 Å². The number of nitrogen functional groups attached to an aromatic ring is 1. The molecule has 3 aromatic rings. The van der Waals surface area contributed by atoms with E-state index in [4.69, 9.17) is 5.73 Å². The molecule has 1 amide bonds. The van der Waals surface area contributed by atoms with Crippen LogP contribution in [0.2, 0.25) is 0 Å². The predicted molar refractivity (Wildman–Crippen MR) is 88.6 cm³/mol. The summed E-state index contributed by atoms with van der Waals surface area (Å²) in [4.78, 5) is 18.4. The summed E-state index contributed by atoms with van der Waals surface area (Å²) >= 11 is 2.96. The number of rotatable bonds is 4. The second-order valence-electron chi connectivity index (χ2n) is 4.39. The summed E-state index contributed by atoms with van der Waals surface area (Å²) in [7, 11) is 0. The van der Waals surface area contributed by atoms with Crippen molar-refractivity contribution in [3.63, 3.8) is 0 Å². The van der Waals surface area contributed by atoms with Gasteiger partial charge in [-0.05, 0) is 23.6 Å². The van der Waals surface area contributed by atoms with Gasteiger partial charge in [-0.1, -0.05) is 24.3 Å². The third kappa shape index (κ3) is 3.29. The lowest BCUT2D eigenvalue weighted by molar-refractivity contribution is -0.115. The first-order valence-corrected chi connectivity index (χ1v) is 8.06. The maximum Gasteiger partial charge on any atom is 0.229 e. The molecule has 0 bridgehead atoms. The standard InChI is InChI=1S/C15H13N3OS2/c16-15-18-14(11-7-4-8-20-11)12(21-15)9-13(19)17-10-5-2-1-3-6-10/h1-8H,9H2,(H2,16,18)(H,17,19). The Balaban J connectivity index is 1.77. The van der Waals surface area contributed by atoms with Crippen molar-refractivity contribution >= 4 is 39.4 Å². The number of anilines is 2. The van der Waals surface area contributed by atoms with Crippen LogP contribution in [0.15, 0.2) is 47.8 Å². The van der Waals surface area contributed by atoms with Gasteiger partial charge < -0.3 is 11.1 Å². The average Bonchev–Trinajstić information content (AvgIpc) is 3.09. The Morgan fingerprint density at radius 1 is 1.19 bits per heavy atom. The Labute approximate surface area is 130 Å². The normalized spacial score (nSPS) is 10.5. The Morgan fingerprint density at radius 2 is 2.00 bits per heavy atom.